The molecule has 0 bridgehead atoms. The molecule has 0 unspecified atom stereocenters. The number of primary amides is 1. The van der Waals surface area contributed by atoms with Crippen LogP contribution in [-0.4, -0.2) is 20.4 Å². The molecule has 0 aliphatic rings. The summed E-state index contributed by atoms with van der Waals surface area (Å²) in [5.74, 6) is -0.166. The van der Waals surface area contributed by atoms with E-state index in [0.717, 1.165) is 12.5 Å². The van der Waals surface area contributed by atoms with E-state index in [-0.39, 0.29) is 22.6 Å². The fraction of sp³-hybridized carbons (Fsp3) is 0.286. The number of hydrogen-bond acceptors (Lipinski definition) is 6. The molecule has 2 N–H and O–H groups in total. The van der Waals surface area contributed by atoms with Crippen molar-refractivity contribution in [2.24, 2.45) is 11.7 Å². The third-order valence-corrected chi connectivity index (χ3v) is 6.00. The molecule has 31 heavy (non-hydrogen) atoms. The van der Waals surface area contributed by atoms with Gasteiger partial charge >= 0.3 is 0 Å². The fourth-order valence-electron chi connectivity index (χ4n) is 3.02. The minimum absolute atomic E-state index is 0.0627. The second kappa shape index (κ2) is 9.49. The van der Waals surface area contributed by atoms with Crippen LogP contribution < -0.4 is 11.3 Å². The first-order valence-electron chi connectivity index (χ1n) is 9.57. The van der Waals surface area contributed by atoms with Crippen LogP contribution >= 0.6 is 23.4 Å². The smallest absolute Gasteiger partial charge is 0.274 e. The zero-order valence-corrected chi connectivity index (χ0v) is 18.6. The van der Waals surface area contributed by atoms with Crippen molar-refractivity contribution in [3.8, 4) is 0 Å². The van der Waals surface area contributed by atoms with Gasteiger partial charge in [0.25, 0.3) is 11.2 Å². The lowest BCUT2D eigenvalue weighted by Crippen LogP contribution is -2.24. The largest absolute Gasteiger partial charge is 0.366 e. The summed E-state index contributed by atoms with van der Waals surface area (Å²) in [6, 6.07) is 9.04. The Morgan fingerprint density at radius 2 is 2.03 bits per heavy atom. The number of carbonyl (C=O) groups is 1. The van der Waals surface area contributed by atoms with Gasteiger partial charge in [0.2, 0.25) is 5.91 Å². The molecule has 0 aliphatic heterocycles. The minimum Gasteiger partial charge on any atom is -0.366 e. The van der Waals surface area contributed by atoms with Gasteiger partial charge in [0.15, 0.2) is 5.16 Å². The van der Waals surface area contributed by atoms with Crippen LogP contribution in [0.1, 0.15) is 36.2 Å². The first kappa shape index (κ1) is 22.8. The van der Waals surface area contributed by atoms with E-state index in [1.54, 1.807) is 22.8 Å². The Hall–Kier alpha value is -2.91. The highest BCUT2D eigenvalue weighted by molar-refractivity contribution is 7.98. The van der Waals surface area contributed by atoms with Crippen LogP contribution in [0.5, 0.6) is 0 Å². The van der Waals surface area contributed by atoms with Crippen molar-refractivity contribution in [3.63, 3.8) is 0 Å². The van der Waals surface area contributed by atoms with E-state index in [9.17, 15) is 19.7 Å². The maximum absolute atomic E-state index is 13.1. The predicted molar refractivity (Wildman–Crippen MR) is 122 cm³/mol. The first-order valence-corrected chi connectivity index (χ1v) is 10.9. The van der Waals surface area contributed by atoms with E-state index in [1.165, 1.54) is 23.9 Å². The molecule has 1 amide bonds. The van der Waals surface area contributed by atoms with Crippen molar-refractivity contribution in [1.29, 1.82) is 0 Å². The van der Waals surface area contributed by atoms with E-state index in [1.807, 2.05) is 0 Å². The first-order chi connectivity index (χ1) is 14.7. The monoisotopic (exact) mass is 460 g/mol. The Kier molecular flexibility index (Phi) is 6.97. The Balaban J connectivity index is 2.02. The number of nitrogens with two attached hydrogens (primary N) is 1. The maximum atomic E-state index is 13.1. The van der Waals surface area contributed by atoms with Crippen molar-refractivity contribution in [2.45, 2.75) is 37.7 Å². The predicted octanol–water partition coefficient (Wildman–Crippen LogP) is 4.40. The van der Waals surface area contributed by atoms with E-state index in [4.69, 9.17) is 17.3 Å². The zero-order chi connectivity index (χ0) is 22.7. The molecule has 0 atom stereocenters. The van der Waals surface area contributed by atoms with Gasteiger partial charge < -0.3 is 5.73 Å². The third kappa shape index (κ3) is 5.23. The number of nitro groups is 1. The summed E-state index contributed by atoms with van der Waals surface area (Å²) in [4.78, 5) is 40.0. The molecule has 2 aromatic carbocycles. The summed E-state index contributed by atoms with van der Waals surface area (Å²) in [5, 5.41) is 12.9. The lowest BCUT2D eigenvalue weighted by Gasteiger charge is -2.14. The summed E-state index contributed by atoms with van der Waals surface area (Å²) < 4.78 is 1.60. The van der Waals surface area contributed by atoms with E-state index in [0.29, 0.717) is 39.1 Å². The van der Waals surface area contributed by atoms with Crippen LogP contribution in [0, 0.1) is 16.0 Å². The van der Waals surface area contributed by atoms with Gasteiger partial charge in [-0.1, -0.05) is 43.3 Å². The van der Waals surface area contributed by atoms with Crippen LogP contribution in [0.4, 0.5) is 5.69 Å². The molecule has 1 heterocycles. The second-order valence-corrected chi connectivity index (χ2v) is 8.83. The summed E-state index contributed by atoms with van der Waals surface area (Å²) >= 11 is 7.29. The number of hydrogen-bond donors (Lipinski definition) is 1. The number of benzene rings is 2. The topological polar surface area (TPSA) is 121 Å². The van der Waals surface area contributed by atoms with Crippen LogP contribution in [-0.2, 0) is 12.3 Å². The molecule has 1 aromatic heterocycles. The van der Waals surface area contributed by atoms with Gasteiger partial charge in [-0.15, -0.1) is 0 Å². The SMILES string of the molecule is CC(C)CCn1c(SCc2ccc(C(N)=O)cc2[N+](=O)[O-])nc2cc(Cl)ccc2c1=O. The van der Waals surface area contributed by atoms with E-state index < -0.39 is 10.8 Å². The van der Waals surface area contributed by atoms with Gasteiger partial charge in [0, 0.05) is 34.5 Å². The molecule has 8 nitrogen and oxygen atoms in total. The van der Waals surface area contributed by atoms with Crippen molar-refractivity contribution in [3.05, 3.63) is 73.0 Å². The quantitative estimate of drug-likeness (QED) is 0.230. The molecule has 0 saturated heterocycles. The molecule has 3 aromatic rings. The van der Waals surface area contributed by atoms with Crippen molar-refractivity contribution >= 4 is 45.9 Å². The van der Waals surface area contributed by atoms with Crippen molar-refractivity contribution in [2.75, 3.05) is 0 Å². The highest BCUT2D eigenvalue weighted by atomic mass is 35.5. The molecule has 10 heteroatoms. The summed E-state index contributed by atoms with van der Waals surface area (Å²) in [6.07, 6.45) is 0.779. The normalized spacial score (nSPS) is 11.2. The number of fused-ring (bicyclic) bond motifs is 1. The minimum atomic E-state index is -0.738. The van der Waals surface area contributed by atoms with E-state index >= 15 is 0 Å². The second-order valence-electron chi connectivity index (χ2n) is 7.45. The number of aromatic nitrogens is 2. The number of nitro benzene ring substituents is 1. The molecule has 162 valence electrons. The molecule has 0 aliphatic carbocycles. The Morgan fingerprint density at radius 1 is 1.29 bits per heavy atom. The summed E-state index contributed by atoms with van der Waals surface area (Å²) in [7, 11) is 0. The van der Waals surface area contributed by atoms with Gasteiger partial charge in [-0.05, 0) is 36.6 Å². The average molecular weight is 461 g/mol. The van der Waals surface area contributed by atoms with Gasteiger partial charge in [0.05, 0.1) is 15.8 Å². The van der Waals surface area contributed by atoms with E-state index in [2.05, 4.69) is 18.8 Å². The lowest BCUT2D eigenvalue weighted by molar-refractivity contribution is -0.385. The number of carbonyl (C=O) groups excluding carboxylic acids is 1. The van der Waals surface area contributed by atoms with Crippen LogP contribution in [0.3, 0.4) is 0 Å². The Morgan fingerprint density at radius 3 is 2.68 bits per heavy atom. The molecular weight excluding hydrogens is 440 g/mol. The summed E-state index contributed by atoms with van der Waals surface area (Å²) in [6.45, 7) is 4.61. The third-order valence-electron chi connectivity index (χ3n) is 4.74. The standard InChI is InChI=1S/C21H21ClN4O4S/c1-12(2)7-8-25-20(28)16-6-5-15(22)10-17(16)24-21(25)31-11-14-4-3-13(19(23)27)9-18(14)26(29)30/h3-6,9-10,12H,7-8,11H2,1-2H3,(H2,23,27). The lowest BCUT2D eigenvalue weighted by atomic mass is 10.1. The van der Waals surface area contributed by atoms with Gasteiger partial charge in [-0.3, -0.25) is 24.3 Å². The molecule has 0 fully saturated rings. The van der Waals surface area contributed by atoms with Crippen LogP contribution in [0.2, 0.25) is 5.02 Å². The number of nitrogens with zero attached hydrogens (tertiary/aromatic N) is 3. The van der Waals surface area contributed by atoms with Crippen LogP contribution in [0.25, 0.3) is 10.9 Å². The molecular formula is C21H21ClN4O4S. The highest BCUT2D eigenvalue weighted by Crippen LogP contribution is 2.29. The molecule has 0 saturated carbocycles. The van der Waals surface area contributed by atoms with Gasteiger partial charge in [-0.25, -0.2) is 4.98 Å². The summed E-state index contributed by atoms with van der Waals surface area (Å²) in [5.41, 5.74) is 5.78. The van der Waals surface area contributed by atoms with Crippen molar-refractivity contribution < 1.29 is 9.72 Å². The molecule has 0 spiro atoms. The zero-order valence-electron chi connectivity index (χ0n) is 17.0. The number of amides is 1. The molecule has 0 radical (unpaired) electrons. The van der Waals surface area contributed by atoms with Crippen LogP contribution in [0.15, 0.2) is 46.3 Å². The highest BCUT2D eigenvalue weighted by Gasteiger charge is 2.19. The fourth-order valence-corrected chi connectivity index (χ4v) is 4.21. The Labute approximate surface area is 187 Å². The maximum Gasteiger partial charge on any atom is 0.274 e. The Bertz CT molecular complexity index is 1230. The number of thioether (sulfide) groups is 1. The van der Waals surface area contributed by atoms with Gasteiger partial charge in [-0.2, -0.15) is 0 Å². The van der Waals surface area contributed by atoms with Gasteiger partial charge in [0.1, 0.15) is 0 Å². The van der Waals surface area contributed by atoms with Crippen molar-refractivity contribution in [1.82, 2.24) is 9.55 Å². The number of rotatable bonds is 8. The number of halogens is 1. The molecule has 3 rings (SSSR count). The average Bonchev–Trinajstić information content (AvgIpc) is 2.70.